The van der Waals surface area contributed by atoms with Crippen molar-refractivity contribution >= 4 is 17.7 Å². The van der Waals surface area contributed by atoms with Gasteiger partial charge in [0.2, 0.25) is 0 Å². The van der Waals surface area contributed by atoms with Crippen molar-refractivity contribution in [2.24, 2.45) is 0 Å². The maximum Gasteiger partial charge on any atom is 0.358 e. The molecule has 0 saturated heterocycles. The number of carbonyl (C=O) groups excluding carboxylic acids is 1. The highest BCUT2D eigenvalue weighted by molar-refractivity contribution is 6.06. The van der Waals surface area contributed by atoms with Crippen LogP contribution in [-0.4, -0.2) is 34.1 Å². The Kier molecular flexibility index (Phi) is 4.13. The molecule has 7 nitrogen and oxygen atoms in total. The Hall–Kier alpha value is -2.96. The van der Waals surface area contributed by atoms with Crippen molar-refractivity contribution in [3.05, 3.63) is 47.4 Å². The molecule has 108 valence electrons. The summed E-state index contributed by atoms with van der Waals surface area (Å²) in [5.41, 5.74) is 0.907. The van der Waals surface area contributed by atoms with E-state index >= 15 is 0 Å². The highest BCUT2D eigenvalue weighted by Crippen LogP contribution is 2.20. The molecule has 0 aliphatic carbocycles. The Morgan fingerprint density at radius 3 is 2.62 bits per heavy atom. The molecule has 7 heteroatoms. The zero-order chi connectivity index (χ0) is 15.4. The standard InChI is InChI=1S/C14H13N3O4/c1-8-3-4-9(7-10(8)21-2)13(18)17-12-11(14(19)20)15-5-6-16-12/h3-7H,1-2H3,(H,19,20)(H,16,17,18). The average molecular weight is 287 g/mol. The molecule has 21 heavy (non-hydrogen) atoms. The van der Waals surface area contributed by atoms with Crippen molar-refractivity contribution in [2.45, 2.75) is 6.92 Å². The third-order valence-corrected chi connectivity index (χ3v) is 2.80. The van der Waals surface area contributed by atoms with Crippen LogP contribution < -0.4 is 10.1 Å². The highest BCUT2D eigenvalue weighted by atomic mass is 16.5. The van der Waals surface area contributed by atoms with Crippen molar-refractivity contribution in [1.82, 2.24) is 9.97 Å². The third kappa shape index (κ3) is 3.14. The zero-order valence-electron chi connectivity index (χ0n) is 11.5. The molecule has 0 spiro atoms. The predicted molar refractivity (Wildman–Crippen MR) is 74.7 cm³/mol. The Morgan fingerprint density at radius 1 is 1.24 bits per heavy atom. The summed E-state index contributed by atoms with van der Waals surface area (Å²) >= 11 is 0. The number of nitrogens with one attached hydrogen (secondary N) is 1. The Balaban J connectivity index is 2.28. The minimum atomic E-state index is -1.26. The van der Waals surface area contributed by atoms with Gasteiger partial charge in [0, 0.05) is 18.0 Å². The van der Waals surface area contributed by atoms with E-state index in [2.05, 4.69) is 15.3 Å². The summed E-state index contributed by atoms with van der Waals surface area (Å²) in [6.45, 7) is 1.85. The quantitative estimate of drug-likeness (QED) is 0.888. The lowest BCUT2D eigenvalue weighted by Gasteiger charge is -2.09. The molecule has 1 heterocycles. The van der Waals surface area contributed by atoms with Crippen LogP contribution in [0.5, 0.6) is 5.75 Å². The molecule has 0 saturated carbocycles. The average Bonchev–Trinajstić information content (AvgIpc) is 2.48. The number of nitrogens with zero attached hydrogens (tertiary/aromatic N) is 2. The number of carbonyl (C=O) groups is 2. The topological polar surface area (TPSA) is 101 Å². The number of hydrogen-bond donors (Lipinski definition) is 2. The number of carboxylic acid groups (broad SMARTS) is 1. The molecule has 2 rings (SSSR count). The smallest absolute Gasteiger partial charge is 0.358 e. The molecule has 1 aromatic carbocycles. The maximum absolute atomic E-state index is 12.1. The van der Waals surface area contributed by atoms with Crippen molar-refractivity contribution < 1.29 is 19.4 Å². The van der Waals surface area contributed by atoms with Gasteiger partial charge in [0.05, 0.1) is 7.11 Å². The van der Waals surface area contributed by atoms with Gasteiger partial charge < -0.3 is 15.2 Å². The number of benzene rings is 1. The summed E-state index contributed by atoms with van der Waals surface area (Å²) in [7, 11) is 1.51. The van der Waals surface area contributed by atoms with Crippen molar-refractivity contribution in [2.75, 3.05) is 12.4 Å². The third-order valence-electron chi connectivity index (χ3n) is 2.80. The summed E-state index contributed by atoms with van der Waals surface area (Å²) in [6, 6.07) is 4.92. The minimum absolute atomic E-state index is 0.102. The van der Waals surface area contributed by atoms with Crippen LogP contribution in [0.15, 0.2) is 30.6 Å². The Bertz CT molecular complexity index is 700. The van der Waals surface area contributed by atoms with Crippen LogP contribution in [0.4, 0.5) is 5.82 Å². The molecule has 0 bridgehead atoms. The summed E-state index contributed by atoms with van der Waals surface area (Å²) in [4.78, 5) is 30.6. The lowest BCUT2D eigenvalue weighted by atomic mass is 10.1. The second-order valence-electron chi connectivity index (χ2n) is 4.20. The van der Waals surface area contributed by atoms with Crippen LogP contribution in [0.2, 0.25) is 0 Å². The Morgan fingerprint density at radius 2 is 1.95 bits per heavy atom. The van der Waals surface area contributed by atoms with Gasteiger partial charge in [-0.25, -0.2) is 14.8 Å². The number of ether oxygens (including phenoxy) is 1. The van der Waals surface area contributed by atoms with Gasteiger partial charge in [-0.3, -0.25) is 4.79 Å². The van der Waals surface area contributed by atoms with Gasteiger partial charge in [0.25, 0.3) is 5.91 Å². The number of amides is 1. The van der Waals surface area contributed by atoms with Gasteiger partial charge in [0.1, 0.15) is 5.75 Å². The number of methoxy groups -OCH3 is 1. The molecule has 1 aromatic heterocycles. The van der Waals surface area contributed by atoms with Gasteiger partial charge in [-0.1, -0.05) is 6.07 Å². The fourth-order valence-electron chi connectivity index (χ4n) is 1.73. The second-order valence-corrected chi connectivity index (χ2v) is 4.20. The lowest BCUT2D eigenvalue weighted by Crippen LogP contribution is -2.17. The largest absolute Gasteiger partial charge is 0.496 e. The molecule has 0 fully saturated rings. The van der Waals surface area contributed by atoms with Gasteiger partial charge in [-0.2, -0.15) is 0 Å². The zero-order valence-corrected chi connectivity index (χ0v) is 11.5. The first-order valence-corrected chi connectivity index (χ1v) is 6.03. The summed E-state index contributed by atoms with van der Waals surface area (Å²) < 4.78 is 5.15. The molecule has 0 aliphatic heterocycles. The van der Waals surface area contributed by atoms with Crippen LogP contribution in [-0.2, 0) is 0 Å². The SMILES string of the molecule is COc1cc(C(=O)Nc2nccnc2C(=O)O)ccc1C. The number of hydrogen-bond acceptors (Lipinski definition) is 5. The molecular formula is C14H13N3O4. The molecular weight excluding hydrogens is 274 g/mol. The highest BCUT2D eigenvalue weighted by Gasteiger charge is 2.16. The van der Waals surface area contributed by atoms with Gasteiger partial charge in [-0.05, 0) is 24.6 Å². The van der Waals surface area contributed by atoms with Crippen molar-refractivity contribution in [1.29, 1.82) is 0 Å². The van der Waals surface area contributed by atoms with E-state index in [1.165, 1.54) is 19.5 Å². The van der Waals surface area contributed by atoms with Crippen molar-refractivity contribution in [3.8, 4) is 5.75 Å². The number of aromatic carboxylic acids is 1. The molecule has 0 radical (unpaired) electrons. The van der Waals surface area contributed by atoms with Crippen molar-refractivity contribution in [3.63, 3.8) is 0 Å². The van der Waals surface area contributed by atoms with E-state index in [1.807, 2.05) is 6.92 Å². The van der Waals surface area contributed by atoms with Crippen LogP contribution in [0.1, 0.15) is 26.4 Å². The Labute approximate surface area is 120 Å². The first kappa shape index (κ1) is 14.4. The van der Waals surface area contributed by atoms with Crippen LogP contribution in [0.25, 0.3) is 0 Å². The number of anilines is 1. The van der Waals surface area contributed by atoms with Crippen LogP contribution >= 0.6 is 0 Å². The second kappa shape index (κ2) is 6.00. The molecule has 1 amide bonds. The fourth-order valence-corrected chi connectivity index (χ4v) is 1.73. The first-order chi connectivity index (χ1) is 10.0. The van der Waals surface area contributed by atoms with Gasteiger partial charge in [0.15, 0.2) is 11.5 Å². The van der Waals surface area contributed by atoms with E-state index in [9.17, 15) is 9.59 Å². The number of aromatic nitrogens is 2. The molecule has 2 aromatic rings. The van der Waals surface area contributed by atoms with E-state index < -0.39 is 11.9 Å². The normalized spacial score (nSPS) is 10.0. The van der Waals surface area contributed by atoms with Crippen LogP contribution in [0.3, 0.4) is 0 Å². The number of rotatable bonds is 4. The van der Waals surface area contributed by atoms with E-state index in [-0.39, 0.29) is 11.5 Å². The molecule has 0 unspecified atom stereocenters. The number of aryl methyl sites for hydroxylation is 1. The molecule has 2 N–H and O–H groups in total. The predicted octanol–water partition coefficient (Wildman–Crippen LogP) is 1.74. The molecule has 0 aliphatic rings. The maximum atomic E-state index is 12.1. The fraction of sp³-hybridized carbons (Fsp3) is 0.143. The van der Waals surface area contributed by atoms with Crippen LogP contribution in [0, 0.1) is 6.92 Å². The van der Waals surface area contributed by atoms with E-state index in [4.69, 9.17) is 9.84 Å². The van der Waals surface area contributed by atoms with E-state index in [1.54, 1.807) is 18.2 Å². The van der Waals surface area contributed by atoms with E-state index in [0.717, 1.165) is 5.56 Å². The summed E-state index contributed by atoms with van der Waals surface area (Å²) in [5.74, 6) is -1.29. The summed E-state index contributed by atoms with van der Waals surface area (Å²) in [6.07, 6.45) is 2.55. The molecule has 0 atom stereocenters. The number of carboxylic acids is 1. The first-order valence-electron chi connectivity index (χ1n) is 6.03. The van der Waals surface area contributed by atoms with Gasteiger partial charge in [-0.15, -0.1) is 0 Å². The van der Waals surface area contributed by atoms with E-state index in [0.29, 0.717) is 11.3 Å². The van der Waals surface area contributed by atoms with Gasteiger partial charge >= 0.3 is 5.97 Å². The monoisotopic (exact) mass is 287 g/mol. The lowest BCUT2D eigenvalue weighted by molar-refractivity contribution is 0.0691. The summed E-state index contributed by atoms with van der Waals surface area (Å²) in [5, 5.41) is 11.4. The minimum Gasteiger partial charge on any atom is -0.496 e.